The normalized spacial score (nSPS) is 29.3. The number of likely N-dealkylation sites (tertiary alicyclic amines) is 1. The summed E-state index contributed by atoms with van der Waals surface area (Å²) in [5, 5.41) is 0. The molecule has 1 aliphatic heterocycles. The SMILES string of the molecule is O=C(Oc1ccccc1)C1CC=CC2CCN(C3CCCCC3)C(=O)C21. The highest BCUT2D eigenvalue weighted by Crippen LogP contribution is 2.40. The van der Waals surface area contributed by atoms with Gasteiger partial charge in [0, 0.05) is 12.6 Å². The van der Waals surface area contributed by atoms with Gasteiger partial charge in [-0.2, -0.15) is 0 Å². The van der Waals surface area contributed by atoms with Crippen molar-refractivity contribution >= 4 is 11.9 Å². The van der Waals surface area contributed by atoms with Crippen LogP contribution < -0.4 is 4.74 Å². The molecular weight excluding hydrogens is 326 g/mol. The largest absolute Gasteiger partial charge is 0.426 e. The number of para-hydroxylation sites is 1. The molecule has 1 aromatic rings. The molecule has 1 aromatic carbocycles. The third-order valence-electron chi connectivity index (χ3n) is 6.22. The van der Waals surface area contributed by atoms with E-state index < -0.39 is 0 Å². The van der Waals surface area contributed by atoms with E-state index in [1.165, 1.54) is 19.3 Å². The summed E-state index contributed by atoms with van der Waals surface area (Å²) in [4.78, 5) is 28.2. The van der Waals surface area contributed by atoms with Crippen LogP contribution in [0.3, 0.4) is 0 Å². The number of carbonyl (C=O) groups excluding carboxylic acids is 2. The maximum atomic E-state index is 13.3. The number of esters is 1. The molecule has 26 heavy (non-hydrogen) atoms. The van der Waals surface area contributed by atoms with Crippen LogP contribution in [0.5, 0.6) is 5.75 Å². The Morgan fingerprint density at radius 3 is 2.58 bits per heavy atom. The van der Waals surface area contributed by atoms with Crippen molar-refractivity contribution in [2.75, 3.05) is 6.54 Å². The molecule has 4 nitrogen and oxygen atoms in total. The van der Waals surface area contributed by atoms with Gasteiger partial charge < -0.3 is 9.64 Å². The van der Waals surface area contributed by atoms with E-state index in [1.54, 1.807) is 12.1 Å². The van der Waals surface area contributed by atoms with Gasteiger partial charge in [0.25, 0.3) is 0 Å². The van der Waals surface area contributed by atoms with E-state index in [0.29, 0.717) is 18.2 Å². The van der Waals surface area contributed by atoms with Crippen molar-refractivity contribution in [1.29, 1.82) is 0 Å². The highest BCUT2D eigenvalue weighted by molar-refractivity contribution is 5.88. The third kappa shape index (κ3) is 3.42. The zero-order valence-corrected chi connectivity index (χ0v) is 15.2. The highest BCUT2D eigenvalue weighted by atomic mass is 16.5. The lowest BCUT2D eigenvalue weighted by molar-refractivity contribution is -0.155. The van der Waals surface area contributed by atoms with E-state index >= 15 is 0 Å². The van der Waals surface area contributed by atoms with E-state index in [1.807, 2.05) is 18.2 Å². The number of amides is 1. The van der Waals surface area contributed by atoms with E-state index in [-0.39, 0.29) is 29.6 Å². The number of benzene rings is 1. The molecule has 0 radical (unpaired) electrons. The molecule has 2 aliphatic carbocycles. The lowest BCUT2D eigenvalue weighted by Crippen LogP contribution is -2.54. The first-order chi connectivity index (χ1) is 12.7. The number of hydrogen-bond acceptors (Lipinski definition) is 3. The molecule has 0 spiro atoms. The van der Waals surface area contributed by atoms with Crippen LogP contribution in [0.1, 0.15) is 44.9 Å². The van der Waals surface area contributed by atoms with Crippen molar-refractivity contribution in [1.82, 2.24) is 4.90 Å². The summed E-state index contributed by atoms with van der Waals surface area (Å²) in [5.41, 5.74) is 0. The van der Waals surface area contributed by atoms with Crippen LogP contribution in [-0.4, -0.2) is 29.4 Å². The third-order valence-corrected chi connectivity index (χ3v) is 6.22. The number of fused-ring (bicyclic) bond motifs is 1. The molecule has 4 heteroatoms. The number of nitrogens with zero attached hydrogens (tertiary/aromatic N) is 1. The lowest BCUT2D eigenvalue weighted by Gasteiger charge is -2.45. The number of piperidine rings is 1. The molecule has 3 unspecified atom stereocenters. The first-order valence-electron chi connectivity index (χ1n) is 9.98. The van der Waals surface area contributed by atoms with Crippen LogP contribution in [-0.2, 0) is 9.59 Å². The van der Waals surface area contributed by atoms with Crippen LogP contribution in [0.4, 0.5) is 0 Å². The van der Waals surface area contributed by atoms with Crippen LogP contribution >= 0.6 is 0 Å². The minimum absolute atomic E-state index is 0.171. The van der Waals surface area contributed by atoms with Crippen LogP contribution in [0.15, 0.2) is 42.5 Å². The monoisotopic (exact) mass is 353 g/mol. The molecule has 0 bridgehead atoms. The van der Waals surface area contributed by atoms with Gasteiger partial charge in [0.1, 0.15) is 5.75 Å². The Kier molecular flexibility index (Phi) is 5.09. The van der Waals surface area contributed by atoms with Crippen molar-refractivity contribution < 1.29 is 14.3 Å². The van der Waals surface area contributed by atoms with Gasteiger partial charge >= 0.3 is 5.97 Å². The minimum Gasteiger partial charge on any atom is -0.426 e. The first-order valence-corrected chi connectivity index (χ1v) is 9.98. The molecule has 4 rings (SSSR count). The average molecular weight is 353 g/mol. The number of ether oxygens (including phenoxy) is 1. The summed E-state index contributed by atoms with van der Waals surface area (Å²) >= 11 is 0. The Labute approximate surface area is 155 Å². The van der Waals surface area contributed by atoms with Gasteiger partial charge in [-0.3, -0.25) is 9.59 Å². The molecule has 1 saturated heterocycles. The summed E-state index contributed by atoms with van der Waals surface area (Å²) in [6, 6.07) is 9.53. The summed E-state index contributed by atoms with van der Waals surface area (Å²) in [6.45, 7) is 0.829. The highest BCUT2D eigenvalue weighted by Gasteiger charge is 2.46. The Morgan fingerprint density at radius 1 is 1.04 bits per heavy atom. The summed E-state index contributed by atoms with van der Waals surface area (Å²) in [7, 11) is 0. The van der Waals surface area contributed by atoms with E-state index in [4.69, 9.17) is 4.74 Å². The van der Waals surface area contributed by atoms with Gasteiger partial charge in [-0.15, -0.1) is 0 Å². The fraction of sp³-hybridized carbons (Fsp3) is 0.545. The molecule has 1 saturated carbocycles. The zero-order valence-electron chi connectivity index (χ0n) is 15.2. The van der Waals surface area contributed by atoms with Crippen molar-refractivity contribution in [3.63, 3.8) is 0 Å². The Bertz CT molecular complexity index is 678. The second-order valence-corrected chi connectivity index (χ2v) is 7.81. The quantitative estimate of drug-likeness (QED) is 0.469. The first kappa shape index (κ1) is 17.3. The topological polar surface area (TPSA) is 46.6 Å². The summed E-state index contributed by atoms with van der Waals surface area (Å²) < 4.78 is 5.59. The second-order valence-electron chi connectivity index (χ2n) is 7.81. The molecular formula is C22H27NO3. The van der Waals surface area contributed by atoms with Gasteiger partial charge in [0.15, 0.2) is 0 Å². The minimum atomic E-state index is -0.371. The molecule has 0 aromatic heterocycles. The van der Waals surface area contributed by atoms with Crippen LogP contribution in [0, 0.1) is 17.8 Å². The Hall–Kier alpha value is -2.10. The number of rotatable bonds is 3. The second kappa shape index (κ2) is 7.65. The number of hydrogen-bond donors (Lipinski definition) is 0. The van der Waals surface area contributed by atoms with Gasteiger partial charge in [-0.1, -0.05) is 49.6 Å². The van der Waals surface area contributed by atoms with E-state index in [2.05, 4.69) is 17.1 Å². The predicted octanol–water partition coefficient (Wildman–Crippen LogP) is 3.97. The molecule has 3 atom stereocenters. The van der Waals surface area contributed by atoms with Crippen molar-refractivity contribution in [2.45, 2.75) is 51.0 Å². The van der Waals surface area contributed by atoms with Gasteiger partial charge in [-0.25, -0.2) is 0 Å². The molecule has 138 valence electrons. The average Bonchev–Trinajstić information content (AvgIpc) is 2.69. The standard InChI is InChI=1S/C22H27NO3/c24-21-20-16(14-15-23(21)17-9-3-1-4-10-17)8-7-13-19(20)22(25)26-18-11-5-2-6-12-18/h2,5-8,11-12,16-17,19-20H,1,3-4,9-10,13-15H2. The van der Waals surface area contributed by atoms with E-state index in [0.717, 1.165) is 25.8 Å². The van der Waals surface area contributed by atoms with Crippen molar-refractivity contribution in [2.24, 2.45) is 17.8 Å². The number of allylic oxidation sites excluding steroid dienone is 2. The number of carbonyl (C=O) groups is 2. The van der Waals surface area contributed by atoms with Gasteiger partial charge in [0.2, 0.25) is 5.91 Å². The van der Waals surface area contributed by atoms with Crippen LogP contribution in [0.2, 0.25) is 0 Å². The molecule has 1 heterocycles. The molecule has 3 aliphatic rings. The molecule has 1 amide bonds. The Morgan fingerprint density at radius 2 is 1.81 bits per heavy atom. The van der Waals surface area contributed by atoms with Crippen molar-refractivity contribution in [3.05, 3.63) is 42.5 Å². The maximum absolute atomic E-state index is 13.3. The van der Waals surface area contributed by atoms with Crippen LogP contribution in [0.25, 0.3) is 0 Å². The fourth-order valence-corrected chi connectivity index (χ4v) is 4.86. The maximum Gasteiger partial charge on any atom is 0.315 e. The van der Waals surface area contributed by atoms with Gasteiger partial charge in [0.05, 0.1) is 11.8 Å². The van der Waals surface area contributed by atoms with E-state index in [9.17, 15) is 9.59 Å². The lowest BCUT2D eigenvalue weighted by atomic mass is 9.71. The summed E-state index contributed by atoms with van der Waals surface area (Å²) in [6.07, 6.45) is 11.7. The molecule has 2 fully saturated rings. The fourth-order valence-electron chi connectivity index (χ4n) is 4.86. The molecule has 0 N–H and O–H groups in total. The van der Waals surface area contributed by atoms with Gasteiger partial charge in [-0.05, 0) is 43.7 Å². The Balaban J connectivity index is 1.51. The van der Waals surface area contributed by atoms with Crippen molar-refractivity contribution in [3.8, 4) is 5.75 Å². The summed E-state index contributed by atoms with van der Waals surface area (Å²) in [5.74, 6) is -0.00157. The zero-order chi connectivity index (χ0) is 17.9. The smallest absolute Gasteiger partial charge is 0.315 e. The predicted molar refractivity (Wildman–Crippen MR) is 99.5 cm³/mol.